The van der Waals surface area contributed by atoms with Crippen LogP contribution in [0.25, 0.3) is 0 Å². The number of nitrogens with zero attached hydrogens (tertiary/aromatic N) is 2. The fraction of sp³-hybridized carbons (Fsp3) is 0.421. The monoisotopic (exact) mass is 391 g/mol. The van der Waals surface area contributed by atoms with Gasteiger partial charge in [0.05, 0.1) is 0 Å². The van der Waals surface area contributed by atoms with Crippen molar-refractivity contribution in [2.45, 2.75) is 31.6 Å². The predicted molar refractivity (Wildman–Crippen MR) is 105 cm³/mol. The molecule has 0 spiro atoms. The van der Waals surface area contributed by atoms with Gasteiger partial charge in [-0.15, -0.1) is 0 Å². The highest BCUT2D eigenvalue weighted by Crippen LogP contribution is 2.27. The number of carbonyl (C=O) groups is 1. The SMILES string of the molecule is Cc1cc(N(C)C)ccc1NC(=O)c1cc(S(=O)(=O)N2CCCC2)c(C)o1. The Balaban J connectivity index is 1.82. The Morgan fingerprint density at radius 3 is 2.41 bits per heavy atom. The molecule has 1 aliphatic rings. The molecule has 2 heterocycles. The molecule has 8 heteroatoms. The molecule has 1 N–H and O–H groups in total. The summed E-state index contributed by atoms with van der Waals surface area (Å²) in [5, 5.41) is 2.79. The molecule has 1 aromatic heterocycles. The second kappa shape index (κ2) is 7.36. The molecule has 1 fully saturated rings. The Hall–Kier alpha value is -2.32. The highest BCUT2D eigenvalue weighted by molar-refractivity contribution is 7.89. The molecule has 0 atom stereocenters. The van der Waals surface area contributed by atoms with E-state index < -0.39 is 15.9 Å². The van der Waals surface area contributed by atoms with Crippen LogP contribution in [0.1, 0.15) is 34.7 Å². The van der Waals surface area contributed by atoms with Crippen LogP contribution in [0.4, 0.5) is 11.4 Å². The molecule has 2 aromatic rings. The van der Waals surface area contributed by atoms with E-state index in [1.807, 2.05) is 44.1 Å². The summed E-state index contributed by atoms with van der Waals surface area (Å²) in [6.45, 7) is 4.48. The van der Waals surface area contributed by atoms with E-state index in [1.54, 1.807) is 6.92 Å². The molecule has 0 saturated carbocycles. The maximum absolute atomic E-state index is 12.7. The van der Waals surface area contributed by atoms with Crippen LogP contribution in [-0.2, 0) is 10.0 Å². The number of rotatable bonds is 5. The van der Waals surface area contributed by atoms with Gasteiger partial charge in [-0.3, -0.25) is 4.79 Å². The van der Waals surface area contributed by atoms with Gasteiger partial charge in [0.2, 0.25) is 10.0 Å². The van der Waals surface area contributed by atoms with E-state index in [9.17, 15) is 13.2 Å². The van der Waals surface area contributed by atoms with Gasteiger partial charge in [-0.25, -0.2) is 8.42 Å². The van der Waals surface area contributed by atoms with Crippen LogP contribution in [0.2, 0.25) is 0 Å². The first kappa shape index (κ1) is 19.4. The summed E-state index contributed by atoms with van der Waals surface area (Å²) in [4.78, 5) is 14.6. The Kier molecular flexibility index (Phi) is 5.30. The number of carbonyl (C=O) groups excluding carboxylic acids is 1. The molecular weight excluding hydrogens is 366 g/mol. The smallest absolute Gasteiger partial charge is 0.291 e. The van der Waals surface area contributed by atoms with Gasteiger partial charge in [-0.1, -0.05) is 0 Å². The molecule has 146 valence electrons. The average molecular weight is 391 g/mol. The lowest BCUT2D eigenvalue weighted by molar-refractivity contribution is 0.0995. The Bertz CT molecular complexity index is 957. The fourth-order valence-electron chi connectivity index (χ4n) is 3.15. The van der Waals surface area contributed by atoms with Gasteiger partial charge in [-0.05, 0) is 50.5 Å². The quantitative estimate of drug-likeness (QED) is 0.847. The molecule has 0 unspecified atom stereocenters. The van der Waals surface area contributed by atoms with Gasteiger partial charge in [0, 0.05) is 44.6 Å². The normalized spacial score (nSPS) is 15.1. The maximum Gasteiger partial charge on any atom is 0.291 e. The van der Waals surface area contributed by atoms with E-state index in [0.717, 1.165) is 24.1 Å². The van der Waals surface area contributed by atoms with Crippen molar-refractivity contribution >= 4 is 27.3 Å². The topological polar surface area (TPSA) is 82.9 Å². The van der Waals surface area contributed by atoms with Crippen molar-refractivity contribution in [1.82, 2.24) is 4.31 Å². The molecule has 0 aliphatic carbocycles. The Morgan fingerprint density at radius 1 is 1.15 bits per heavy atom. The van der Waals surface area contributed by atoms with Crippen molar-refractivity contribution in [2.75, 3.05) is 37.4 Å². The highest BCUT2D eigenvalue weighted by Gasteiger charge is 2.31. The number of aryl methyl sites for hydroxylation is 2. The first-order chi connectivity index (χ1) is 12.7. The van der Waals surface area contributed by atoms with Gasteiger partial charge in [0.25, 0.3) is 5.91 Å². The Morgan fingerprint density at radius 2 is 1.81 bits per heavy atom. The van der Waals surface area contributed by atoms with Crippen LogP contribution in [0.5, 0.6) is 0 Å². The summed E-state index contributed by atoms with van der Waals surface area (Å²) in [6.07, 6.45) is 1.71. The van der Waals surface area contributed by atoms with E-state index in [4.69, 9.17) is 4.42 Å². The lowest BCUT2D eigenvalue weighted by atomic mass is 10.1. The average Bonchev–Trinajstić information content (AvgIpc) is 3.26. The number of furan rings is 1. The largest absolute Gasteiger partial charge is 0.455 e. The number of amides is 1. The van der Waals surface area contributed by atoms with Gasteiger partial charge in [-0.2, -0.15) is 4.31 Å². The zero-order chi connectivity index (χ0) is 19.8. The standard InChI is InChI=1S/C19H25N3O4S/c1-13-11-15(21(3)4)7-8-16(13)20-19(23)17-12-18(14(2)26-17)27(24,25)22-9-5-6-10-22/h7-8,11-12H,5-6,9-10H2,1-4H3,(H,20,23). The van der Waals surface area contributed by atoms with E-state index in [-0.39, 0.29) is 16.4 Å². The summed E-state index contributed by atoms with van der Waals surface area (Å²) in [5.74, 6) is -0.255. The van der Waals surface area contributed by atoms with Crippen molar-refractivity contribution < 1.29 is 17.6 Å². The molecule has 0 radical (unpaired) electrons. The summed E-state index contributed by atoms with van der Waals surface area (Å²) in [6, 6.07) is 7.01. The molecule has 1 saturated heterocycles. The molecule has 1 aromatic carbocycles. The fourth-order valence-corrected chi connectivity index (χ4v) is 4.83. The minimum Gasteiger partial charge on any atom is -0.455 e. The van der Waals surface area contributed by atoms with Crippen molar-refractivity contribution in [3.05, 3.63) is 41.3 Å². The van der Waals surface area contributed by atoms with E-state index in [0.29, 0.717) is 18.8 Å². The van der Waals surface area contributed by atoms with Gasteiger partial charge < -0.3 is 14.6 Å². The van der Waals surface area contributed by atoms with Crippen LogP contribution in [0.15, 0.2) is 33.6 Å². The highest BCUT2D eigenvalue weighted by atomic mass is 32.2. The number of benzene rings is 1. The van der Waals surface area contributed by atoms with Gasteiger partial charge >= 0.3 is 0 Å². The maximum atomic E-state index is 12.7. The van der Waals surface area contributed by atoms with E-state index >= 15 is 0 Å². The third kappa shape index (κ3) is 3.86. The third-order valence-corrected chi connectivity index (χ3v) is 6.76. The Labute approximate surface area is 160 Å². The third-order valence-electron chi connectivity index (χ3n) is 4.75. The summed E-state index contributed by atoms with van der Waals surface area (Å²) < 4.78 is 32.4. The molecule has 0 bridgehead atoms. The zero-order valence-electron chi connectivity index (χ0n) is 16.1. The first-order valence-corrected chi connectivity index (χ1v) is 10.3. The summed E-state index contributed by atoms with van der Waals surface area (Å²) in [7, 11) is 0.267. The predicted octanol–water partition coefficient (Wildman–Crippen LogP) is 3.00. The van der Waals surface area contributed by atoms with Crippen LogP contribution in [0, 0.1) is 13.8 Å². The van der Waals surface area contributed by atoms with Crippen molar-refractivity contribution in [2.24, 2.45) is 0 Å². The number of sulfonamides is 1. The molecule has 3 rings (SSSR count). The minimum atomic E-state index is -3.62. The number of hydrogen-bond acceptors (Lipinski definition) is 5. The minimum absolute atomic E-state index is 0.0126. The van der Waals surface area contributed by atoms with Crippen molar-refractivity contribution in [3.8, 4) is 0 Å². The second-order valence-corrected chi connectivity index (χ2v) is 8.90. The van der Waals surface area contributed by atoms with Crippen LogP contribution in [-0.4, -0.2) is 45.8 Å². The first-order valence-electron chi connectivity index (χ1n) is 8.90. The van der Waals surface area contributed by atoms with E-state index in [1.165, 1.54) is 10.4 Å². The van der Waals surface area contributed by atoms with E-state index in [2.05, 4.69) is 5.32 Å². The number of nitrogens with one attached hydrogen (secondary N) is 1. The molecule has 1 amide bonds. The summed E-state index contributed by atoms with van der Waals surface area (Å²) >= 11 is 0. The summed E-state index contributed by atoms with van der Waals surface area (Å²) in [5.41, 5.74) is 2.59. The lowest BCUT2D eigenvalue weighted by Gasteiger charge is -2.15. The number of anilines is 2. The molecule has 1 aliphatic heterocycles. The van der Waals surface area contributed by atoms with Crippen LogP contribution < -0.4 is 10.2 Å². The number of hydrogen-bond donors (Lipinski definition) is 1. The van der Waals surface area contributed by atoms with Crippen LogP contribution >= 0.6 is 0 Å². The zero-order valence-corrected chi connectivity index (χ0v) is 16.9. The van der Waals surface area contributed by atoms with Gasteiger partial charge in [0.1, 0.15) is 10.7 Å². The van der Waals surface area contributed by atoms with Crippen LogP contribution in [0.3, 0.4) is 0 Å². The molecule has 27 heavy (non-hydrogen) atoms. The van der Waals surface area contributed by atoms with Crippen molar-refractivity contribution in [3.63, 3.8) is 0 Å². The lowest BCUT2D eigenvalue weighted by Crippen LogP contribution is -2.28. The molecular formula is C19H25N3O4S. The molecule has 7 nitrogen and oxygen atoms in total. The second-order valence-electron chi connectivity index (χ2n) is 6.99. The van der Waals surface area contributed by atoms with Crippen molar-refractivity contribution in [1.29, 1.82) is 0 Å². The van der Waals surface area contributed by atoms with Gasteiger partial charge in [0.15, 0.2) is 5.76 Å².